The topological polar surface area (TPSA) is 89.5 Å². The van der Waals surface area contributed by atoms with Crippen molar-refractivity contribution in [3.63, 3.8) is 0 Å². The summed E-state index contributed by atoms with van der Waals surface area (Å²) in [5.74, 6) is 1.36. The number of rotatable bonds is 7. The van der Waals surface area contributed by atoms with E-state index in [9.17, 15) is 4.79 Å². The molecule has 2 aromatic rings. The molecule has 2 aromatic heterocycles. The predicted molar refractivity (Wildman–Crippen MR) is 96.1 cm³/mol. The predicted octanol–water partition coefficient (Wildman–Crippen LogP) is 0.833. The van der Waals surface area contributed by atoms with Gasteiger partial charge in [0, 0.05) is 32.6 Å². The van der Waals surface area contributed by atoms with Crippen molar-refractivity contribution in [2.75, 3.05) is 32.2 Å². The zero-order valence-corrected chi connectivity index (χ0v) is 15.0. The number of ether oxygens (including phenoxy) is 2. The van der Waals surface area contributed by atoms with Gasteiger partial charge >= 0.3 is 0 Å². The Morgan fingerprint density at radius 2 is 2.19 bits per heavy atom. The minimum Gasteiger partial charge on any atom is -0.495 e. The summed E-state index contributed by atoms with van der Waals surface area (Å²) in [6.45, 7) is 1.25. The molecule has 0 aliphatic carbocycles. The van der Waals surface area contributed by atoms with Crippen molar-refractivity contribution >= 4 is 11.7 Å². The molecule has 0 radical (unpaired) electrons. The van der Waals surface area contributed by atoms with Gasteiger partial charge in [-0.15, -0.1) is 0 Å². The van der Waals surface area contributed by atoms with E-state index >= 15 is 0 Å². The molecule has 1 saturated heterocycles. The second kappa shape index (κ2) is 8.57. The maximum absolute atomic E-state index is 12.3. The van der Waals surface area contributed by atoms with E-state index in [1.165, 1.54) is 6.33 Å². The van der Waals surface area contributed by atoms with Gasteiger partial charge in [0.1, 0.15) is 17.9 Å². The van der Waals surface area contributed by atoms with Crippen LogP contribution in [0, 0.1) is 0 Å². The number of nitrogens with one attached hydrogen (secondary N) is 1. The Hall–Kier alpha value is -2.74. The Labute approximate surface area is 152 Å². The van der Waals surface area contributed by atoms with Crippen molar-refractivity contribution in [3.05, 3.63) is 42.6 Å². The normalized spacial score (nSPS) is 19.4. The SMILES string of the molecule is COc1cccnc1CC(=O)NC[C@H]1C[C@@H](OC)CN1c1ccncn1. The number of aromatic nitrogens is 3. The third-order valence-electron chi connectivity index (χ3n) is 4.50. The molecule has 1 amide bonds. The second-order valence-electron chi connectivity index (χ2n) is 6.10. The molecule has 3 heterocycles. The number of methoxy groups -OCH3 is 2. The third-order valence-corrected chi connectivity index (χ3v) is 4.50. The van der Waals surface area contributed by atoms with Crippen LogP contribution in [0.3, 0.4) is 0 Å². The van der Waals surface area contributed by atoms with Crippen LogP contribution in [-0.2, 0) is 16.0 Å². The number of carbonyl (C=O) groups is 1. The molecule has 0 unspecified atom stereocenters. The molecular formula is C18H23N5O3. The van der Waals surface area contributed by atoms with E-state index in [0.29, 0.717) is 18.0 Å². The minimum absolute atomic E-state index is 0.0921. The first-order chi connectivity index (χ1) is 12.7. The van der Waals surface area contributed by atoms with Gasteiger partial charge in [-0.1, -0.05) is 0 Å². The van der Waals surface area contributed by atoms with Crippen LogP contribution in [0.2, 0.25) is 0 Å². The van der Waals surface area contributed by atoms with E-state index in [1.54, 1.807) is 38.7 Å². The van der Waals surface area contributed by atoms with Crippen molar-refractivity contribution < 1.29 is 14.3 Å². The third kappa shape index (κ3) is 4.26. The molecule has 1 aliphatic rings. The monoisotopic (exact) mass is 357 g/mol. The quantitative estimate of drug-likeness (QED) is 0.785. The van der Waals surface area contributed by atoms with Crippen LogP contribution >= 0.6 is 0 Å². The number of anilines is 1. The summed E-state index contributed by atoms with van der Waals surface area (Å²) in [6.07, 6.45) is 6.01. The maximum atomic E-state index is 12.3. The van der Waals surface area contributed by atoms with Crippen molar-refractivity contribution in [1.82, 2.24) is 20.3 Å². The number of amides is 1. The molecule has 1 N–H and O–H groups in total. The van der Waals surface area contributed by atoms with Gasteiger partial charge in [0.2, 0.25) is 5.91 Å². The highest BCUT2D eigenvalue weighted by Crippen LogP contribution is 2.24. The lowest BCUT2D eigenvalue weighted by molar-refractivity contribution is -0.120. The Morgan fingerprint density at radius 3 is 2.92 bits per heavy atom. The van der Waals surface area contributed by atoms with E-state index in [4.69, 9.17) is 9.47 Å². The summed E-state index contributed by atoms with van der Waals surface area (Å²) in [5.41, 5.74) is 0.626. The Bertz CT molecular complexity index is 728. The van der Waals surface area contributed by atoms with Crippen molar-refractivity contribution in [3.8, 4) is 5.75 Å². The van der Waals surface area contributed by atoms with Crippen LogP contribution in [0.25, 0.3) is 0 Å². The standard InChI is InChI=1S/C18H23N5O3/c1-25-14-8-13(23(11-14)17-5-7-19-12-22-17)10-21-18(24)9-15-16(26-2)4-3-6-20-15/h3-7,12-14H,8-11H2,1-2H3,(H,21,24)/t13-,14-/m1/s1. The fraction of sp³-hybridized carbons (Fsp3) is 0.444. The summed E-state index contributed by atoms with van der Waals surface area (Å²) >= 11 is 0. The van der Waals surface area contributed by atoms with Gasteiger partial charge in [0.05, 0.1) is 31.4 Å². The lowest BCUT2D eigenvalue weighted by Gasteiger charge is -2.25. The number of carbonyl (C=O) groups excluding carboxylic acids is 1. The summed E-state index contributed by atoms with van der Waals surface area (Å²) in [5, 5.41) is 2.99. The molecule has 1 fully saturated rings. The summed E-state index contributed by atoms with van der Waals surface area (Å²) in [4.78, 5) is 27.0. The summed E-state index contributed by atoms with van der Waals surface area (Å²) < 4.78 is 10.7. The molecule has 0 saturated carbocycles. The molecule has 8 heteroatoms. The lowest BCUT2D eigenvalue weighted by atomic mass is 10.2. The van der Waals surface area contributed by atoms with Crippen LogP contribution in [-0.4, -0.2) is 60.3 Å². The largest absolute Gasteiger partial charge is 0.495 e. The zero-order chi connectivity index (χ0) is 18.4. The van der Waals surface area contributed by atoms with Gasteiger partial charge in [0.15, 0.2) is 0 Å². The minimum atomic E-state index is -0.0921. The van der Waals surface area contributed by atoms with E-state index < -0.39 is 0 Å². The first kappa shape index (κ1) is 18.1. The molecule has 1 aliphatic heterocycles. The molecular weight excluding hydrogens is 334 g/mol. The Morgan fingerprint density at radius 1 is 1.31 bits per heavy atom. The smallest absolute Gasteiger partial charge is 0.226 e. The number of hydrogen-bond donors (Lipinski definition) is 1. The fourth-order valence-electron chi connectivity index (χ4n) is 3.16. The van der Waals surface area contributed by atoms with Crippen LogP contribution in [0.1, 0.15) is 12.1 Å². The van der Waals surface area contributed by atoms with Crippen molar-refractivity contribution in [1.29, 1.82) is 0 Å². The first-order valence-corrected chi connectivity index (χ1v) is 8.51. The average molecular weight is 357 g/mol. The molecule has 0 spiro atoms. The van der Waals surface area contributed by atoms with Gasteiger partial charge < -0.3 is 19.7 Å². The van der Waals surface area contributed by atoms with Crippen molar-refractivity contribution in [2.24, 2.45) is 0 Å². The van der Waals surface area contributed by atoms with Gasteiger partial charge in [-0.3, -0.25) is 9.78 Å². The highest BCUT2D eigenvalue weighted by molar-refractivity contribution is 5.78. The van der Waals surface area contributed by atoms with E-state index in [2.05, 4.69) is 25.2 Å². The van der Waals surface area contributed by atoms with Crippen LogP contribution in [0.4, 0.5) is 5.82 Å². The average Bonchev–Trinajstić information content (AvgIpc) is 3.11. The molecule has 0 aromatic carbocycles. The maximum Gasteiger partial charge on any atom is 0.226 e. The van der Waals surface area contributed by atoms with Gasteiger partial charge in [0.25, 0.3) is 0 Å². The summed E-state index contributed by atoms with van der Waals surface area (Å²) in [6, 6.07) is 5.56. The first-order valence-electron chi connectivity index (χ1n) is 8.51. The fourth-order valence-corrected chi connectivity index (χ4v) is 3.16. The van der Waals surface area contributed by atoms with Crippen molar-refractivity contribution in [2.45, 2.75) is 25.0 Å². The van der Waals surface area contributed by atoms with E-state index in [0.717, 1.165) is 18.8 Å². The highest BCUT2D eigenvalue weighted by atomic mass is 16.5. The van der Waals surface area contributed by atoms with Gasteiger partial charge in [-0.25, -0.2) is 9.97 Å². The van der Waals surface area contributed by atoms with E-state index in [-0.39, 0.29) is 24.5 Å². The summed E-state index contributed by atoms with van der Waals surface area (Å²) in [7, 11) is 3.28. The Balaban J connectivity index is 1.61. The molecule has 138 valence electrons. The molecule has 0 bridgehead atoms. The van der Waals surface area contributed by atoms with Gasteiger partial charge in [-0.05, 0) is 24.6 Å². The van der Waals surface area contributed by atoms with Crippen LogP contribution in [0.15, 0.2) is 36.9 Å². The number of nitrogens with zero attached hydrogens (tertiary/aromatic N) is 4. The molecule has 3 rings (SSSR count). The Kier molecular flexibility index (Phi) is 5.96. The molecule has 2 atom stereocenters. The highest BCUT2D eigenvalue weighted by Gasteiger charge is 2.33. The van der Waals surface area contributed by atoms with Crippen LogP contribution in [0.5, 0.6) is 5.75 Å². The van der Waals surface area contributed by atoms with E-state index in [1.807, 2.05) is 6.07 Å². The number of hydrogen-bond acceptors (Lipinski definition) is 7. The van der Waals surface area contributed by atoms with Gasteiger partial charge in [-0.2, -0.15) is 0 Å². The number of pyridine rings is 1. The second-order valence-corrected chi connectivity index (χ2v) is 6.10. The zero-order valence-electron chi connectivity index (χ0n) is 15.0. The lowest BCUT2D eigenvalue weighted by Crippen LogP contribution is -2.41. The molecule has 8 nitrogen and oxygen atoms in total. The molecule has 26 heavy (non-hydrogen) atoms. The van der Waals surface area contributed by atoms with Crippen LogP contribution < -0.4 is 15.0 Å².